The van der Waals surface area contributed by atoms with Gasteiger partial charge in [-0.05, 0) is 80.8 Å². The Balaban J connectivity index is 2.18. The minimum Gasteiger partial charge on any atom is -0.459 e. The summed E-state index contributed by atoms with van der Waals surface area (Å²) in [5.74, 6) is -3.57. The molecule has 3 aliphatic rings. The Morgan fingerprint density at radius 3 is 2.08 bits per heavy atom. The topological polar surface area (TPSA) is 203 Å². The molecule has 3 rings (SSSR count). The largest absolute Gasteiger partial charge is 0.459 e. The number of likely N-dealkylation sites (N-methyl/N-ethyl adjacent to an activating group) is 1. The second kappa shape index (κ2) is 17.2. The molecule has 0 radical (unpaired) electrons. The number of nitrogens with two attached hydrogens (primary N) is 1. The summed E-state index contributed by atoms with van der Waals surface area (Å²) < 4.78 is 37.3. The van der Waals surface area contributed by atoms with Crippen LogP contribution in [0.3, 0.4) is 0 Å². The van der Waals surface area contributed by atoms with E-state index in [0.29, 0.717) is 6.42 Å². The van der Waals surface area contributed by atoms with Crippen LogP contribution in [0.15, 0.2) is 0 Å². The molecule has 0 aliphatic carbocycles. The van der Waals surface area contributed by atoms with Crippen LogP contribution in [-0.2, 0) is 33.2 Å². The summed E-state index contributed by atoms with van der Waals surface area (Å²) in [5, 5.41) is 58.0. The first-order valence-corrected chi connectivity index (χ1v) is 18.7. The molecule has 300 valence electrons. The first-order valence-electron chi connectivity index (χ1n) is 18.7. The lowest BCUT2D eigenvalue weighted by atomic mass is 9.72. The summed E-state index contributed by atoms with van der Waals surface area (Å²) in [5.41, 5.74) is 2.20. The van der Waals surface area contributed by atoms with Crippen molar-refractivity contribution in [1.82, 2.24) is 4.90 Å². The van der Waals surface area contributed by atoms with Gasteiger partial charge in [0.05, 0.1) is 47.6 Å². The second-order valence-electron chi connectivity index (χ2n) is 16.8. The number of aliphatic hydroxyl groups is 5. The number of nitrogens with zero attached hydrogens (tertiary/aromatic N) is 1. The third-order valence-electron chi connectivity index (χ3n) is 12.2. The van der Waals surface area contributed by atoms with E-state index in [4.69, 9.17) is 34.2 Å². The maximum Gasteiger partial charge on any atom is 0.311 e. The number of hydrogen-bond donors (Lipinski definition) is 6. The number of carbonyl (C=O) groups is 1. The molecule has 0 aromatic rings. The van der Waals surface area contributed by atoms with Crippen LogP contribution < -0.4 is 5.73 Å². The highest BCUT2D eigenvalue weighted by Gasteiger charge is 2.53. The van der Waals surface area contributed by atoms with E-state index in [1.54, 1.807) is 48.5 Å². The summed E-state index contributed by atoms with van der Waals surface area (Å²) in [7, 11) is 5.24. The number of carbonyl (C=O) groups excluding carboxylic acids is 1. The molecule has 0 amide bonds. The maximum absolute atomic E-state index is 14.1. The van der Waals surface area contributed by atoms with Gasteiger partial charge in [0.25, 0.3) is 0 Å². The van der Waals surface area contributed by atoms with Gasteiger partial charge in [0.15, 0.2) is 12.6 Å². The van der Waals surface area contributed by atoms with Crippen molar-refractivity contribution >= 4 is 5.97 Å². The number of esters is 1. The Kier molecular flexibility index (Phi) is 15.0. The quantitative estimate of drug-likeness (QED) is 0.206. The molecule has 3 saturated heterocycles. The zero-order valence-corrected chi connectivity index (χ0v) is 33.2. The highest BCUT2D eigenvalue weighted by Crippen LogP contribution is 2.41. The van der Waals surface area contributed by atoms with Crippen molar-refractivity contribution < 1.29 is 58.7 Å². The van der Waals surface area contributed by atoms with Crippen LogP contribution in [0.5, 0.6) is 0 Å². The minimum atomic E-state index is -1.85. The highest BCUT2D eigenvalue weighted by molar-refractivity contribution is 5.73. The van der Waals surface area contributed by atoms with E-state index in [0.717, 1.165) is 0 Å². The number of hydrogen-bond acceptors (Lipinski definition) is 14. The predicted molar refractivity (Wildman–Crippen MR) is 189 cm³/mol. The van der Waals surface area contributed by atoms with Crippen LogP contribution in [0.1, 0.15) is 94.9 Å². The zero-order chi connectivity index (χ0) is 39.0. The van der Waals surface area contributed by atoms with Crippen molar-refractivity contribution in [1.29, 1.82) is 0 Å². The first kappa shape index (κ1) is 44.4. The molecule has 19 atom stereocenters. The molecule has 0 saturated carbocycles. The van der Waals surface area contributed by atoms with Gasteiger partial charge in [-0.25, -0.2) is 0 Å². The van der Waals surface area contributed by atoms with Crippen molar-refractivity contribution in [2.75, 3.05) is 21.2 Å². The van der Waals surface area contributed by atoms with Gasteiger partial charge in [-0.1, -0.05) is 27.7 Å². The standard InChI is InChI=1S/C37H70N2O12/c1-14-25-37(10,45)30(41)20(4)27(38)18(2)16-35(8,44)32(51-34-28(40)24(39(11)12)15-19(3)47-34)21(5)29(22(6)33(43)49-25)50-26-17-36(9,46-13)31(42)23(7)48-26/h18-32,34,40-42,44-45H,14-17,38H2,1-13H3/t18-,19+,20+,21+,22-,23+,24-,25-,26?,27?,28+,29+,30-,31+,32-,34?,35-,36-,37-/m1/s1. The van der Waals surface area contributed by atoms with Gasteiger partial charge in [0.1, 0.15) is 23.9 Å². The van der Waals surface area contributed by atoms with E-state index in [9.17, 15) is 30.3 Å². The number of aliphatic hydroxyl groups excluding tert-OH is 3. The lowest BCUT2D eigenvalue weighted by molar-refractivity contribution is -0.318. The number of cyclic esters (lactones) is 1. The van der Waals surface area contributed by atoms with Crippen LogP contribution >= 0.6 is 0 Å². The van der Waals surface area contributed by atoms with Crippen molar-refractivity contribution in [2.45, 2.75) is 185 Å². The average molecular weight is 735 g/mol. The summed E-state index contributed by atoms with van der Waals surface area (Å²) in [6.45, 7) is 17.2. The van der Waals surface area contributed by atoms with Crippen LogP contribution in [0.2, 0.25) is 0 Å². The average Bonchev–Trinajstić information content (AvgIpc) is 3.05. The fourth-order valence-corrected chi connectivity index (χ4v) is 8.63. The van der Waals surface area contributed by atoms with E-state index in [2.05, 4.69) is 0 Å². The number of ether oxygens (including phenoxy) is 6. The van der Waals surface area contributed by atoms with Gasteiger partial charge in [0.2, 0.25) is 0 Å². The second-order valence-corrected chi connectivity index (χ2v) is 16.8. The van der Waals surface area contributed by atoms with Gasteiger partial charge in [0, 0.05) is 37.5 Å². The van der Waals surface area contributed by atoms with E-state index in [1.807, 2.05) is 32.8 Å². The SMILES string of the molecule is CC[C@H]1OC(=O)[C@H](C)[C@@H](OC2C[C@@](C)(OC)[C@@H](O)[C@H](C)O2)[C@H](C)[C@@H](OC2O[C@@H](C)C[C@@H](N(C)C)[C@@H]2O)[C@](C)(O)C[C@@H](C)C(N)[C@H](C)[C@@H](O)[C@]1(C)O. The number of methoxy groups -OCH3 is 1. The van der Waals surface area contributed by atoms with Crippen molar-refractivity contribution in [3.63, 3.8) is 0 Å². The van der Waals surface area contributed by atoms with Crippen LogP contribution in [0.25, 0.3) is 0 Å². The first-order chi connectivity index (χ1) is 23.4. The van der Waals surface area contributed by atoms with Crippen molar-refractivity contribution in [3.8, 4) is 0 Å². The molecular formula is C37H70N2O12. The summed E-state index contributed by atoms with van der Waals surface area (Å²) in [6, 6.07) is -0.983. The Hall–Kier alpha value is -1.01. The molecule has 3 heterocycles. The van der Waals surface area contributed by atoms with Crippen LogP contribution in [0.4, 0.5) is 0 Å². The Labute approximate surface area is 305 Å². The molecule has 3 fully saturated rings. The van der Waals surface area contributed by atoms with E-state index in [1.165, 1.54) is 14.0 Å². The van der Waals surface area contributed by atoms with Gasteiger partial charge in [-0.2, -0.15) is 0 Å². The number of rotatable bonds is 7. The molecular weight excluding hydrogens is 664 g/mol. The normalized spacial score (nSPS) is 51.2. The molecule has 3 unspecified atom stereocenters. The zero-order valence-electron chi connectivity index (χ0n) is 33.2. The van der Waals surface area contributed by atoms with Gasteiger partial charge in [-0.3, -0.25) is 4.79 Å². The summed E-state index contributed by atoms with van der Waals surface area (Å²) in [4.78, 5) is 16.0. The summed E-state index contributed by atoms with van der Waals surface area (Å²) in [6.07, 6.45) is -8.68. The van der Waals surface area contributed by atoms with Gasteiger partial charge >= 0.3 is 5.97 Å². The lowest BCUT2D eigenvalue weighted by Gasteiger charge is -2.49. The van der Waals surface area contributed by atoms with Crippen molar-refractivity contribution in [3.05, 3.63) is 0 Å². The van der Waals surface area contributed by atoms with E-state index >= 15 is 0 Å². The maximum atomic E-state index is 14.1. The Morgan fingerprint density at radius 1 is 0.922 bits per heavy atom. The Bertz CT molecular complexity index is 1130. The van der Waals surface area contributed by atoms with Crippen LogP contribution in [0, 0.1) is 23.7 Å². The molecule has 0 aromatic carbocycles. The molecule has 7 N–H and O–H groups in total. The predicted octanol–water partition coefficient (Wildman–Crippen LogP) is 1.54. The fraction of sp³-hybridized carbons (Fsp3) is 0.973. The minimum absolute atomic E-state index is 0.0888. The fourth-order valence-electron chi connectivity index (χ4n) is 8.63. The third kappa shape index (κ3) is 9.63. The third-order valence-corrected chi connectivity index (χ3v) is 12.2. The molecule has 14 heteroatoms. The Morgan fingerprint density at radius 2 is 1.53 bits per heavy atom. The van der Waals surface area contributed by atoms with E-state index < -0.39 is 108 Å². The molecule has 0 bridgehead atoms. The van der Waals surface area contributed by atoms with Gasteiger partial charge < -0.3 is 64.6 Å². The smallest absolute Gasteiger partial charge is 0.311 e. The molecule has 0 spiro atoms. The van der Waals surface area contributed by atoms with E-state index in [-0.39, 0.29) is 31.4 Å². The monoisotopic (exact) mass is 734 g/mol. The van der Waals surface area contributed by atoms with Crippen molar-refractivity contribution in [2.24, 2.45) is 29.4 Å². The van der Waals surface area contributed by atoms with Crippen LogP contribution in [-0.4, -0.2) is 148 Å². The molecule has 3 aliphatic heterocycles. The molecule has 0 aromatic heterocycles. The van der Waals surface area contributed by atoms with Gasteiger partial charge in [-0.15, -0.1) is 0 Å². The molecule has 14 nitrogen and oxygen atoms in total. The summed E-state index contributed by atoms with van der Waals surface area (Å²) >= 11 is 0. The highest BCUT2D eigenvalue weighted by atomic mass is 16.7. The lowest BCUT2D eigenvalue weighted by Crippen LogP contribution is -2.62. The molecule has 51 heavy (non-hydrogen) atoms.